The molecule has 2 aromatic carbocycles. The number of nitrogen functional groups attached to an aromatic ring is 2. The lowest BCUT2D eigenvalue weighted by molar-refractivity contribution is 1.47. The lowest BCUT2D eigenvalue weighted by Crippen LogP contribution is -1.95. The Bertz CT molecular complexity index is 653. The molecule has 0 atom stereocenters. The van der Waals surface area contributed by atoms with Crippen molar-refractivity contribution in [3.63, 3.8) is 0 Å². The van der Waals surface area contributed by atoms with Gasteiger partial charge in [0.15, 0.2) is 0 Å². The molecule has 0 aliphatic carbocycles. The van der Waals surface area contributed by atoms with Crippen LogP contribution in [0.4, 0.5) is 11.4 Å². The van der Waals surface area contributed by atoms with Gasteiger partial charge in [-0.1, -0.05) is 0 Å². The molecule has 0 aliphatic heterocycles. The monoisotopic (exact) mass is 652 g/mol. The number of nitrogens with two attached hydrogens (primary N) is 2. The fourth-order valence-electron chi connectivity index (χ4n) is 1.61. The molecule has 2 nitrogen and oxygen atoms in total. The molecular weight excluding hydrogens is 652 g/mol. The topological polar surface area (TPSA) is 52.0 Å². The van der Waals surface area contributed by atoms with Crippen molar-refractivity contribution < 1.29 is 0 Å². The molecule has 8 heteroatoms. The molecule has 4 N–H and O–H groups in total. The summed E-state index contributed by atoms with van der Waals surface area (Å²) in [5.41, 5.74) is 15.2. The molecule has 106 valence electrons. The maximum Gasteiger partial charge on any atom is 0.0614 e. The average Bonchev–Trinajstić information content (AvgIpc) is 2.42. The Balaban J connectivity index is 2.83. The Hall–Kier alpha value is 0.920. The van der Waals surface area contributed by atoms with Crippen LogP contribution in [0.5, 0.6) is 0 Å². The van der Waals surface area contributed by atoms with Crippen LogP contribution >= 0.6 is 95.6 Å². The summed E-state index contributed by atoms with van der Waals surface area (Å²) in [5.74, 6) is 0. The zero-order chi connectivity index (χ0) is 15.2. The highest BCUT2D eigenvalue weighted by Gasteiger charge is 2.18. The van der Waals surface area contributed by atoms with Crippen molar-refractivity contribution in [1.29, 1.82) is 0 Å². The van der Waals surface area contributed by atoms with Crippen molar-refractivity contribution in [2.24, 2.45) is 0 Å². The Morgan fingerprint density at radius 2 is 0.850 bits per heavy atom. The van der Waals surface area contributed by atoms with E-state index >= 15 is 0 Å². The summed E-state index contributed by atoms with van der Waals surface area (Å²) >= 11 is 21.1. The molecular formula is C12H6Br6N2. The Morgan fingerprint density at radius 1 is 0.550 bits per heavy atom. The normalized spacial score (nSPS) is 10.9. The number of hydrogen-bond acceptors (Lipinski definition) is 2. The first kappa shape index (κ1) is 17.3. The summed E-state index contributed by atoms with van der Waals surface area (Å²) in [6.45, 7) is 0. The summed E-state index contributed by atoms with van der Waals surface area (Å²) in [6, 6.07) is 3.92. The highest BCUT2D eigenvalue weighted by molar-refractivity contribution is 9.13. The van der Waals surface area contributed by atoms with Crippen molar-refractivity contribution in [3.05, 3.63) is 39.0 Å². The van der Waals surface area contributed by atoms with Gasteiger partial charge in [-0.05, 0) is 119 Å². The summed E-state index contributed by atoms with van der Waals surface area (Å²) in [6.07, 6.45) is 0. The van der Waals surface area contributed by atoms with Crippen LogP contribution in [0.1, 0.15) is 0 Å². The van der Waals surface area contributed by atoms with Gasteiger partial charge < -0.3 is 11.5 Å². The third kappa shape index (κ3) is 3.01. The van der Waals surface area contributed by atoms with Gasteiger partial charge in [-0.15, -0.1) is 0 Å². The number of rotatable bonds is 1. The largest absolute Gasteiger partial charge is 0.397 e. The quantitative estimate of drug-likeness (QED) is 0.254. The Kier molecular flexibility index (Phi) is 5.68. The minimum atomic E-state index is 0.644. The van der Waals surface area contributed by atoms with Gasteiger partial charge in [0.05, 0.1) is 20.3 Å². The number of hydrogen-bond donors (Lipinski definition) is 2. The van der Waals surface area contributed by atoms with E-state index < -0.39 is 0 Å². The van der Waals surface area contributed by atoms with Crippen LogP contribution in [0.2, 0.25) is 0 Å². The van der Waals surface area contributed by atoms with E-state index in [4.69, 9.17) is 11.5 Å². The third-order valence-corrected chi connectivity index (χ3v) is 8.35. The molecule has 0 unspecified atom stereocenters. The molecule has 0 spiro atoms. The molecule has 0 aliphatic rings. The Labute approximate surface area is 166 Å². The minimum Gasteiger partial charge on any atom is -0.397 e. The minimum absolute atomic E-state index is 0.644. The molecule has 0 fully saturated rings. The van der Waals surface area contributed by atoms with E-state index in [-0.39, 0.29) is 0 Å². The van der Waals surface area contributed by atoms with Gasteiger partial charge in [0.25, 0.3) is 0 Å². The first-order chi connectivity index (χ1) is 9.25. The highest BCUT2D eigenvalue weighted by atomic mass is 79.9. The molecule has 2 aromatic rings. The van der Waals surface area contributed by atoms with Crippen molar-refractivity contribution in [2.75, 3.05) is 11.5 Å². The molecule has 20 heavy (non-hydrogen) atoms. The summed E-state index contributed by atoms with van der Waals surface area (Å²) in [5, 5.41) is 0. The first-order valence-corrected chi connectivity index (χ1v) is 9.87. The molecule has 0 amide bonds. The lowest BCUT2D eigenvalue weighted by atomic mass is 10.0. The van der Waals surface area contributed by atoms with E-state index in [1.807, 2.05) is 12.1 Å². The molecule has 2 rings (SSSR count). The number of halogens is 6. The molecule has 0 saturated heterocycles. The predicted molar refractivity (Wildman–Crippen MR) is 107 cm³/mol. The van der Waals surface area contributed by atoms with E-state index in [0.717, 1.165) is 38.0 Å². The van der Waals surface area contributed by atoms with Gasteiger partial charge in [0.2, 0.25) is 0 Å². The molecule has 0 aromatic heterocycles. The average molecular weight is 658 g/mol. The van der Waals surface area contributed by atoms with Crippen LogP contribution in [-0.4, -0.2) is 0 Å². The Morgan fingerprint density at radius 3 is 1.15 bits per heavy atom. The van der Waals surface area contributed by atoms with Crippen LogP contribution < -0.4 is 11.5 Å². The first-order valence-electron chi connectivity index (χ1n) is 5.12. The van der Waals surface area contributed by atoms with Crippen LogP contribution in [0.3, 0.4) is 0 Å². The van der Waals surface area contributed by atoms with Crippen molar-refractivity contribution in [1.82, 2.24) is 0 Å². The fraction of sp³-hybridized carbons (Fsp3) is 0. The smallest absolute Gasteiger partial charge is 0.0614 e. The van der Waals surface area contributed by atoms with E-state index in [1.54, 1.807) is 0 Å². The van der Waals surface area contributed by atoms with Crippen molar-refractivity contribution >= 4 is 107 Å². The molecule has 0 bridgehead atoms. The second kappa shape index (κ2) is 6.58. The summed E-state index contributed by atoms with van der Waals surface area (Å²) in [7, 11) is 0. The van der Waals surface area contributed by atoms with Gasteiger partial charge in [-0.3, -0.25) is 0 Å². The van der Waals surface area contributed by atoms with Gasteiger partial charge in [-0.25, -0.2) is 0 Å². The molecule has 0 radical (unpaired) electrons. The predicted octanol–water partition coefficient (Wildman–Crippen LogP) is 7.09. The van der Waals surface area contributed by atoms with Gasteiger partial charge >= 0.3 is 0 Å². The van der Waals surface area contributed by atoms with E-state index in [0.29, 0.717) is 11.4 Å². The van der Waals surface area contributed by atoms with E-state index in [1.165, 1.54) is 0 Å². The number of benzene rings is 2. The second-order valence-electron chi connectivity index (χ2n) is 3.90. The highest BCUT2D eigenvalue weighted by Crippen LogP contribution is 2.47. The van der Waals surface area contributed by atoms with E-state index in [2.05, 4.69) is 95.6 Å². The maximum absolute atomic E-state index is 5.98. The van der Waals surface area contributed by atoms with Gasteiger partial charge in [0.1, 0.15) is 0 Å². The van der Waals surface area contributed by atoms with Gasteiger partial charge in [-0.2, -0.15) is 0 Å². The second-order valence-corrected chi connectivity index (χ2v) is 8.78. The van der Waals surface area contributed by atoms with Crippen LogP contribution in [0, 0.1) is 0 Å². The fourth-order valence-corrected chi connectivity index (χ4v) is 4.93. The standard InChI is InChI=1S/C12H6Br6N2/c13-5-1-3(7(15)9(17)11(5)19)4-2-6(14)12(20)10(18)8(4)16/h1-2H,19-20H2. The van der Waals surface area contributed by atoms with Gasteiger partial charge in [0, 0.05) is 17.9 Å². The number of anilines is 2. The maximum atomic E-state index is 5.98. The van der Waals surface area contributed by atoms with Crippen molar-refractivity contribution in [3.8, 4) is 11.1 Å². The lowest BCUT2D eigenvalue weighted by Gasteiger charge is -2.15. The molecule has 0 heterocycles. The van der Waals surface area contributed by atoms with Crippen LogP contribution in [-0.2, 0) is 0 Å². The SMILES string of the molecule is Nc1c(Br)cc(-c2cc(Br)c(N)c(Br)c2Br)c(Br)c1Br. The third-order valence-electron chi connectivity index (χ3n) is 2.68. The van der Waals surface area contributed by atoms with Crippen molar-refractivity contribution in [2.45, 2.75) is 0 Å². The van der Waals surface area contributed by atoms with E-state index in [9.17, 15) is 0 Å². The summed E-state index contributed by atoms with van der Waals surface area (Å²) < 4.78 is 5.00. The zero-order valence-electron chi connectivity index (χ0n) is 9.58. The molecule has 0 saturated carbocycles. The van der Waals surface area contributed by atoms with Crippen LogP contribution in [0.25, 0.3) is 11.1 Å². The summed E-state index contributed by atoms with van der Waals surface area (Å²) in [4.78, 5) is 0. The van der Waals surface area contributed by atoms with Crippen LogP contribution in [0.15, 0.2) is 39.0 Å². The zero-order valence-corrected chi connectivity index (χ0v) is 19.1.